The maximum atomic E-state index is 12.1. The van der Waals surface area contributed by atoms with Gasteiger partial charge in [-0.1, -0.05) is 30.3 Å². The molecule has 0 radical (unpaired) electrons. The van der Waals surface area contributed by atoms with Crippen LogP contribution in [0.1, 0.15) is 40.2 Å². The number of aliphatic hydroxyl groups is 2. The summed E-state index contributed by atoms with van der Waals surface area (Å²) in [6, 6.07) is 8.19. The Morgan fingerprint density at radius 1 is 1.31 bits per heavy atom. The van der Waals surface area contributed by atoms with E-state index in [1.54, 1.807) is 34.6 Å². The van der Waals surface area contributed by atoms with Crippen molar-refractivity contribution in [2.45, 2.75) is 76.8 Å². The molecule has 1 aromatic carbocycles. The van der Waals surface area contributed by atoms with Gasteiger partial charge >= 0.3 is 6.09 Å². The van der Waals surface area contributed by atoms with Crippen molar-refractivity contribution in [3.63, 3.8) is 0 Å². The number of aliphatic hydroxyl groups excluding tert-OH is 2. The van der Waals surface area contributed by atoms with Crippen molar-refractivity contribution < 1.29 is 29.2 Å². The van der Waals surface area contributed by atoms with Crippen LogP contribution in [0.5, 0.6) is 0 Å². The molecule has 2 rings (SSSR count). The Morgan fingerprint density at radius 3 is 2.48 bits per heavy atom. The molecule has 0 aromatic heterocycles. The molecule has 0 bridgehead atoms. The predicted molar refractivity (Wildman–Crippen MR) is 108 cm³/mol. The molecule has 0 aliphatic carbocycles. The minimum absolute atomic E-state index is 0.279. The van der Waals surface area contributed by atoms with Crippen LogP contribution >= 0.6 is 0 Å². The van der Waals surface area contributed by atoms with Gasteiger partial charge in [-0.2, -0.15) is 0 Å². The molecule has 0 saturated carbocycles. The third-order valence-corrected chi connectivity index (χ3v) is 4.49. The van der Waals surface area contributed by atoms with E-state index in [4.69, 9.17) is 14.2 Å². The first-order valence-electron chi connectivity index (χ1n) is 9.88. The van der Waals surface area contributed by atoms with Crippen LogP contribution in [0, 0.1) is 0 Å². The summed E-state index contributed by atoms with van der Waals surface area (Å²) >= 11 is 0. The molecule has 1 amide bonds. The van der Waals surface area contributed by atoms with Gasteiger partial charge in [-0.25, -0.2) is 4.79 Å². The van der Waals surface area contributed by atoms with Crippen molar-refractivity contribution in [3.8, 4) is 0 Å². The summed E-state index contributed by atoms with van der Waals surface area (Å²) in [4.78, 5) is 12.1. The number of carbonyl (C=O) groups excluding carboxylic acids is 1. The van der Waals surface area contributed by atoms with Crippen molar-refractivity contribution in [2.75, 3.05) is 13.2 Å². The molecule has 8 heteroatoms. The van der Waals surface area contributed by atoms with Crippen LogP contribution in [-0.2, 0) is 20.8 Å². The molecule has 164 valence electrons. The fraction of sp³-hybridized carbons (Fsp3) is 0.667. The number of alkyl carbamates (subject to hydrolysis) is 1. The van der Waals surface area contributed by atoms with E-state index >= 15 is 0 Å². The summed E-state index contributed by atoms with van der Waals surface area (Å²) in [6.07, 6.45) is -2.31. The highest BCUT2D eigenvalue weighted by molar-refractivity contribution is 5.68. The molecule has 4 N–H and O–H groups in total. The summed E-state index contributed by atoms with van der Waals surface area (Å²) < 4.78 is 16.8. The third-order valence-electron chi connectivity index (χ3n) is 4.49. The van der Waals surface area contributed by atoms with E-state index in [1.165, 1.54) is 0 Å². The smallest absolute Gasteiger partial charge is 0.408 e. The zero-order valence-electron chi connectivity index (χ0n) is 17.8. The van der Waals surface area contributed by atoms with Gasteiger partial charge in [0.1, 0.15) is 11.7 Å². The second-order valence-corrected chi connectivity index (χ2v) is 8.69. The van der Waals surface area contributed by atoms with E-state index in [0.29, 0.717) is 6.54 Å². The lowest BCUT2D eigenvalue weighted by Crippen LogP contribution is -2.59. The summed E-state index contributed by atoms with van der Waals surface area (Å²) in [6.45, 7) is 9.13. The number of nitrogens with one attached hydrogen (secondary N) is 2. The van der Waals surface area contributed by atoms with E-state index in [0.717, 1.165) is 5.56 Å². The Bertz CT molecular complexity index is 646. The van der Waals surface area contributed by atoms with Gasteiger partial charge in [0.05, 0.1) is 31.4 Å². The summed E-state index contributed by atoms with van der Waals surface area (Å²) in [5, 5.41) is 26.6. The fourth-order valence-electron chi connectivity index (χ4n) is 3.14. The molecule has 1 aliphatic rings. The number of hydrogen-bond donors (Lipinski definition) is 4. The highest BCUT2D eigenvalue weighted by Crippen LogP contribution is 2.26. The third kappa shape index (κ3) is 7.56. The zero-order valence-corrected chi connectivity index (χ0v) is 17.8. The Kier molecular flexibility index (Phi) is 8.02. The second kappa shape index (κ2) is 9.86. The van der Waals surface area contributed by atoms with Crippen molar-refractivity contribution >= 4 is 6.09 Å². The van der Waals surface area contributed by atoms with Gasteiger partial charge in [0.2, 0.25) is 0 Å². The van der Waals surface area contributed by atoms with Crippen LogP contribution in [-0.4, -0.2) is 65.2 Å². The van der Waals surface area contributed by atoms with Gasteiger partial charge in [-0.3, -0.25) is 0 Å². The van der Waals surface area contributed by atoms with Crippen LogP contribution in [0.4, 0.5) is 4.79 Å². The van der Waals surface area contributed by atoms with Crippen molar-refractivity contribution in [2.24, 2.45) is 0 Å². The topological polar surface area (TPSA) is 109 Å². The predicted octanol–water partition coefficient (Wildman–Crippen LogP) is 1.54. The monoisotopic (exact) mass is 410 g/mol. The summed E-state index contributed by atoms with van der Waals surface area (Å²) in [7, 11) is 0. The largest absolute Gasteiger partial charge is 0.444 e. The number of ether oxygens (including phenoxy) is 3. The molecule has 1 aromatic rings. The molecule has 1 heterocycles. The van der Waals surface area contributed by atoms with Crippen LogP contribution in [0.3, 0.4) is 0 Å². The molecule has 29 heavy (non-hydrogen) atoms. The van der Waals surface area contributed by atoms with Crippen molar-refractivity contribution in [1.82, 2.24) is 10.6 Å². The van der Waals surface area contributed by atoms with Crippen LogP contribution < -0.4 is 10.6 Å². The van der Waals surface area contributed by atoms with Crippen molar-refractivity contribution in [3.05, 3.63) is 35.9 Å². The average molecular weight is 411 g/mol. The van der Waals surface area contributed by atoms with Gasteiger partial charge in [0.15, 0.2) is 5.79 Å². The Morgan fingerprint density at radius 2 is 1.97 bits per heavy atom. The van der Waals surface area contributed by atoms with Crippen molar-refractivity contribution in [1.29, 1.82) is 0 Å². The molecule has 1 aliphatic heterocycles. The lowest BCUT2D eigenvalue weighted by atomic mass is 9.98. The van der Waals surface area contributed by atoms with Gasteiger partial charge in [0, 0.05) is 6.54 Å². The Balaban J connectivity index is 2.11. The number of amides is 1. The van der Waals surface area contributed by atoms with Crippen LogP contribution in [0.2, 0.25) is 0 Å². The molecular formula is C21H34N2O6. The minimum Gasteiger partial charge on any atom is -0.444 e. The molecule has 0 unspecified atom stereocenters. The number of rotatable bonds is 8. The van der Waals surface area contributed by atoms with Gasteiger partial charge in [-0.05, 0) is 40.2 Å². The van der Waals surface area contributed by atoms with E-state index in [9.17, 15) is 15.0 Å². The zero-order chi connectivity index (χ0) is 21.7. The highest BCUT2D eigenvalue weighted by Gasteiger charge is 2.42. The van der Waals surface area contributed by atoms with E-state index < -0.39 is 48.4 Å². The van der Waals surface area contributed by atoms with Gasteiger partial charge in [0.25, 0.3) is 0 Å². The SMILES string of the molecule is CC(C)(C)OC(=O)N[C@@H](CO)[C@H](O)[C@H](NCc1ccccc1)[C@H]1COC(C)(C)O1. The second-order valence-electron chi connectivity index (χ2n) is 8.69. The first-order chi connectivity index (χ1) is 13.5. The van der Waals surface area contributed by atoms with E-state index in [1.807, 2.05) is 30.3 Å². The average Bonchev–Trinajstić information content (AvgIpc) is 2.98. The Labute approximate surface area is 172 Å². The lowest BCUT2D eigenvalue weighted by molar-refractivity contribution is -0.146. The lowest BCUT2D eigenvalue weighted by Gasteiger charge is -2.34. The molecule has 8 nitrogen and oxygen atoms in total. The summed E-state index contributed by atoms with van der Waals surface area (Å²) in [5.41, 5.74) is 0.343. The molecular weight excluding hydrogens is 376 g/mol. The number of carbonyl (C=O) groups is 1. The van der Waals surface area contributed by atoms with Gasteiger partial charge in [-0.15, -0.1) is 0 Å². The van der Waals surface area contributed by atoms with Gasteiger partial charge < -0.3 is 35.1 Å². The number of benzene rings is 1. The number of hydrogen-bond acceptors (Lipinski definition) is 7. The molecule has 1 saturated heterocycles. The standard InChI is InChI=1S/C21H34N2O6/c1-20(2,3)29-19(26)23-15(12-24)18(25)17(16-13-27-21(4,5)28-16)22-11-14-9-7-6-8-10-14/h6-10,15-18,22,24-25H,11-13H2,1-5H3,(H,23,26)/t15-,16+,17+,18-/m0/s1. The Hall–Kier alpha value is -1.71. The molecule has 0 spiro atoms. The highest BCUT2D eigenvalue weighted by atomic mass is 16.7. The van der Waals surface area contributed by atoms with Crippen LogP contribution in [0.15, 0.2) is 30.3 Å². The van der Waals surface area contributed by atoms with Crippen LogP contribution in [0.25, 0.3) is 0 Å². The first kappa shape index (κ1) is 23.6. The van der Waals surface area contributed by atoms with E-state index in [-0.39, 0.29) is 6.61 Å². The maximum absolute atomic E-state index is 12.1. The summed E-state index contributed by atoms with van der Waals surface area (Å²) in [5.74, 6) is -0.773. The minimum atomic E-state index is -1.14. The van der Waals surface area contributed by atoms with E-state index in [2.05, 4.69) is 10.6 Å². The normalized spacial score (nSPS) is 22.0. The maximum Gasteiger partial charge on any atom is 0.408 e. The molecule has 4 atom stereocenters. The molecule has 1 fully saturated rings. The quantitative estimate of drug-likeness (QED) is 0.515. The first-order valence-corrected chi connectivity index (χ1v) is 9.88. The fourth-order valence-corrected chi connectivity index (χ4v) is 3.14.